The van der Waals surface area contributed by atoms with E-state index in [1.165, 1.54) is 11.1 Å². The minimum Gasteiger partial charge on any atom is -0.102 e. The van der Waals surface area contributed by atoms with Crippen molar-refractivity contribution in [2.75, 3.05) is 0 Å². The Morgan fingerprint density at radius 3 is 1.74 bits per heavy atom. The molecule has 0 aliphatic rings. The normalized spacial score (nSPS) is 12.8. The molecule has 0 aromatic heterocycles. The van der Waals surface area contributed by atoms with E-state index in [2.05, 4.69) is 63.7 Å². The van der Waals surface area contributed by atoms with Crippen LogP contribution in [0.2, 0.25) is 0 Å². The summed E-state index contributed by atoms with van der Waals surface area (Å²) in [5.41, 5.74) is 2.81. The molecular formula is C19H24. The largest absolute Gasteiger partial charge is 0.102 e. The highest BCUT2D eigenvalue weighted by Crippen LogP contribution is 2.27. The van der Waals surface area contributed by atoms with Gasteiger partial charge in [0.25, 0.3) is 0 Å². The van der Waals surface area contributed by atoms with E-state index in [-0.39, 0.29) is 5.41 Å². The number of hydrogen-bond donors (Lipinski definition) is 0. The van der Waals surface area contributed by atoms with E-state index in [1.807, 2.05) is 30.3 Å². The Hall–Kier alpha value is -1.82. The highest BCUT2D eigenvalue weighted by Gasteiger charge is 2.19. The molecule has 2 aromatic carbocycles. The van der Waals surface area contributed by atoms with E-state index >= 15 is 0 Å². The van der Waals surface area contributed by atoms with Crippen LogP contribution in [-0.2, 0) is 5.41 Å². The van der Waals surface area contributed by atoms with Crippen LogP contribution < -0.4 is 0 Å². The molecular weight excluding hydrogens is 228 g/mol. The summed E-state index contributed by atoms with van der Waals surface area (Å²) in [6, 6.07) is 20.8. The molecule has 0 spiro atoms. The molecule has 0 heteroatoms. The average Bonchev–Trinajstić information content (AvgIpc) is 2.49. The van der Waals surface area contributed by atoms with Crippen LogP contribution in [0.25, 0.3) is 0 Å². The third-order valence-electron chi connectivity index (χ3n) is 3.56. The minimum atomic E-state index is 0.140. The lowest BCUT2D eigenvalue weighted by molar-refractivity contribution is 0.574. The van der Waals surface area contributed by atoms with Gasteiger partial charge in [0.1, 0.15) is 0 Å². The molecule has 0 aliphatic carbocycles. The summed E-state index contributed by atoms with van der Waals surface area (Å²) in [6.45, 7) is 10.4. The molecule has 0 N–H and O–H groups in total. The maximum absolute atomic E-state index is 3.88. The van der Waals surface area contributed by atoms with Gasteiger partial charge in [-0.05, 0) is 18.9 Å². The Kier molecular flexibility index (Phi) is 6.08. The van der Waals surface area contributed by atoms with Crippen molar-refractivity contribution in [1.29, 1.82) is 0 Å². The van der Waals surface area contributed by atoms with Crippen molar-refractivity contribution in [2.24, 2.45) is 0 Å². The van der Waals surface area contributed by atoms with Gasteiger partial charge < -0.3 is 0 Å². The highest BCUT2D eigenvalue weighted by atomic mass is 14.2. The first-order chi connectivity index (χ1) is 9.12. The van der Waals surface area contributed by atoms with E-state index in [0.717, 1.165) is 6.42 Å². The van der Waals surface area contributed by atoms with Gasteiger partial charge in [0.05, 0.1) is 0 Å². The molecule has 0 bridgehead atoms. The van der Waals surface area contributed by atoms with Gasteiger partial charge in [0, 0.05) is 5.41 Å². The van der Waals surface area contributed by atoms with Gasteiger partial charge in [0.2, 0.25) is 0 Å². The van der Waals surface area contributed by atoms with Gasteiger partial charge in [0.15, 0.2) is 0 Å². The molecule has 0 saturated carbocycles. The van der Waals surface area contributed by atoms with Crippen molar-refractivity contribution >= 4 is 0 Å². The van der Waals surface area contributed by atoms with Crippen LogP contribution in [0.3, 0.4) is 0 Å². The fraction of sp³-hybridized carbons (Fsp3) is 0.263. The molecule has 0 fully saturated rings. The first-order valence-electron chi connectivity index (χ1n) is 6.83. The number of benzene rings is 2. The van der Waals surface area contributed by atoms with Crippen molar-refractivity contribution < 1.29 is 0 Å². The van der Waals surface area contributed by atoms with Crippen molar-refractivity contribution in [1.82, 2.24) is 0 Å². The SMILES string of the molecule is C=C[C@](C)(CC)c1ccccc1.Cc1ccccc1. The number of hydrogen-bond acceptors (Lipinski definition) is 0. The molecule has 0 nitrogen and oxygen atoms in total. The third-order valence-corrected chi connectivity index (χ3v) is 3.56. The summed E-state index contributed by atoms with van der Waals surface area (Å²) in [5.74, 6) is 0. The zero-order chi connectivity index (χ0) is 14.1. The molecule has 0 unspecified atom stereocenters. The standard InChI is InChI=1S/C12H16.C7H8/c1-4-12(3,5-2)11-9-7-6-8-10-11;1-7-5-3-2-4-6-7/h4,6-10H,1,5H2,2-3H3;2-6H,1H3/t12-;/m1./s1. The molecule has 0 aliphatic heterocycles. The number of allylic oxidation sites excluding steroid dienone is 1. The van der Waals surface area contributed by atoms with Crippen LogP contribution in [0.15, 0.2) is 73.3 Å². The van der Waals surface area contributed by atoms with Crippen LogP contribution in [0.1, 0.15) is 31.4 Å². The van der Waals surface area contributed by atoms with E-state index in [9.17, 15) is 0 Å². The van der Waals surface area contributed by atoms with Gasteiger partial charge in [-0.1, -0.05) is 86.2 Å². The average molecular weight is 252 g/mol. The molecule has 0 radical (unpaired) electrons. The fourth-order valence-electron chi connectivity index (χ4n) is 1.82. The predicted molar refractivity (Wildman–Crippen MR) is 85.5 cm³/mol. The molecule has 2 aromatic rings. The van der Waals surface area contributed by atoms with Crippen LogP contribution in [0.4, 0.5) is 0 Å². The monoisotopic (exact) mass is 252 g/mol. The molecule has 100 valence electrons. The second-order valence-electron chi connectivity index (χ2n) is 5.00. The van der Waals surface area contributed by atoms with Gasteiger partial charge in [-0.3, -0.25) is 0 Å². The molecule has 19 heavy (non-hydrogen) atoms. The Morgan fingerprint density at radius 2 is 1.42 bits per heavy atom. The van der Waals surface area contributed by atoms with Crippen LogP contribution in [0, 0.1) is 6.92 Å². The molecule has 0 saturated heterocycles. The van der Waals surface area contributed by atoms with E-state index in [1.54, 1.807) is 0 Å². The zero-order valence-corrected chi connectivity index (χ0v) is 12.3. The van der Waals surface area contributed by atoms with E-state index in [0.29, 0.717) is 0 Å². The Labute approximate surface area is 117 Å². The summed E-state index contributed by atoms with van der Waals surface area (Å²) in [6.07, 6.45) is 3.13. The zero-order valence-electron chi connectivity index (χ0n) is 12.3. The van der Waals surface area contributed by atoms with Crippen molar-refractivity contribution in [3.05, 3.63) is 84.4 Å². The fourth-order valence-corrected chi connectivity index (χ4v) is 1.82. The summed E-state index contributed by atoms with van der Waals surface area (Å²) >= 11 is 0. The predicted octanol–water partition coefficient (Wildman–Crippen LogP) is 5.54. The summed E-state index contributed by atoms with van der Waals surface area (Å²) in [5, 5.41) is 0. The maximum atomic E-state index is 3.88. The Morgan fingerprint density at radius 1 is 0.947 bits per heavy atom. The van der Waals surface area contributed by atoms with E-state index < -0.39 is 0 Å². The van der Waals surface area contributed by atoms with Gasteiger partial charge in [-0.15, -0.1) is 6.58 Å². The van der Waals surface area contributed by atoms with Crippen molar-refractivity contribution in [2.45, 2.75) is 32.6 Å². The summed E-state index contributed by atoms with van der Waals surface area (Å²) < 4.78 is 0. The van der Waals surface area contributed by atoms with E-state index in [4.69, 9.17) is 0 Å². The molecule has 0 heterocycles. The quantitative estimate of drug-likeness (QED) is 0.629. The summed E-state index contributed by atoms with van der Waals surface area (Å²) in [4.78, 5) is 0. The van der Waals surface area contributed by atoms with Gasteiger partial charge >= 0.3 is 0 Å². The number of aryl methyl sites for hydroxylation is 1. The van der Waals surface area contributed by atoms with Gasteiger partial charge in [-0.25, -0.2) is 0 Å². The maximum Gasteiger partial charge on any atom is 0.00983 e. The Bertz CT molecular complexity index is 470. The Balaban J connectivity index is 0.000000218. The first-order valence-corrected chi connectivity index (χ1v) is 6.83. The third kappa shape index (κ3) is 4.75. The van der Waals surface area contributed by atoms with Crippen molar-refractivity contribution in [3.63, 3.8) is 0 Å². The van der Waals surface area contributed by atoms with Crippen LogP contribution in [-0.4, -0.2) is 0 Å². The smallest absolute Gasteiger partial charge is 0.00983 e. The number of rotatable bonds is 3. The lowest BCUT2D eigenvalue weighted by Crippen LogP contribution is -2.16. The molecule has 1 atom stereocenters. The highest BCUT2D eigenvalue weighted by molar-refractivity contribution is 5.28. The van der Waals surface area contributed by atoms with Gasteiger partial charge in [-0.2, -0.15) is 0 Å². The topological polar surface area (TPSA) is 0 Å². The lowest BCUT2D eigenvalue weighted by atomic mass is 9.80. The van der Waals surface area contributed by atoms with Crippen LogP contribution in [0.5, 0.6) is 0 Å². The molecule has 0 amide bonds. The van der Waals surface area contributed by atoms with Crippen molar-refractivity contribution in [3.8, 4) is 0 Å². The summed E-state index contributed by atoms with van der Waals surface area (Å²) in [7, 11) is 0. The first kappa shape index (κ1) is 15.2. The van der Waals surface area contributed by atoms with Crippen LogP contribution >= 0.6 is 0 Å². The second-order valence-corrected chi connectivity index (χ2v) is 5.00. The minimum absolute atomic E-state index is 0.140. The second kappa shape index (κ2) is 7.58. The molecule has 2 rings (SSSR count). The lowest BCUT2D eigenvalue weighted by Gasteiger charge is -2.24.